The van der Waals surface area contributed by atoms with Gasteiger partial charge in [-0.1, -0.05) is 56.6 Å². The number of rotatable bonds is 7. The van der Waals surface area contributed by atoms with E-state index in [-0.39, 0.29) is 11.3 Å². The molecule has 0 saturated carbocycles. The van der Waals surface area contributed by atoms with Gasteiger partial charge in [-0.25, -0.2) is 0 Å². The van der Waals surface area contributed by atoms with Crippen LogP contribution in [-0.2, 0) is 10.2 Å². The Morgan fingerprint density at radius 2 is 1.88 bits per heavy atom. The Morgan fingerprint density at radius 1 is 1.15 bits per heavy atom. The van der Waals surface area contributed by atoms with Crippen molar-refractivity contribution in [3.05, 3.63) is 59.1 Å². The van der Waals surface area contributed by atoms with Gasteiger partial charge in [0, 0.05) is 5.02 Å². The van der Waals surface area contributed by atoms with E-state index in [0.717, 1.165) is 11.3 Å². The fourth-order valence-electron chi connectivity index (χ4n) is 2.49. The van der Waals surface area contributed by atoms with E-state index in [4.69, 9.17) is 21.1 Å². The highest BCUT2D eigenvalue weighted by molar-refractivity contribution is 6.30. The Hall–Kier alpha value is -2.20. The van der Waals surface area contributed by atoms with Crippen molar-refractivity contribution in [1.82, 2.24) is 5.32 Å². The molecule has 0 bridgehead atoms. The summed E-state index contributed by atoms with van der Waals surface area (Å²) in [6.07, 6.45) is -0.615. The number of carbonyl (C=O) groups is 1. The van der Waals surface area contributed by atoms with Crippen LogP contribution in [0.15, 0.2) is 48.5 Å². The van der Waals surface area contributed by atoms with Crippen LogP contribution in [0.4, 0.5) is 0 Å². The van der Waals surface area contributed by atoms with E-state index in [1.807, 2.05) is 18.2 Å². The third-order valence-corrected chi connectivity index (χ3v) is 4.07. The highest BCUT2D eigenvalue weighted by Crippen LogP contribution is 2.30. The van der Waals surface area contributed by atoms with Crippen molar-refractivity contribution in [3.8, 4) is 11.5 Å². The van der Waals surface area contributed by atoms with Gasteiger partial charge in [-0.2, -0.15) is 0 Å². The minimum absolute atomic E-state index is 0.000840. The van der Waals surface area contributed by atoms with Crippen molar-refractivity contribution in [2.24, 2.45) is 0 Å². The second-order valence-electron chi connectivity index (χ2n) is 7.10. The van der Waals surface area contributed by atoms with Crippen molar-refractivity contribution >= 4 is 17.5 Å². The lowest BCUT2D eigenvalue weighted by atomic mass is 9.86. The van der Waals surface area contributed by atoms with E-state index in [1.165, 1.54) is 0 Å². The zero-order valence-electron chi connectivity index (χ0n) is 15.7. The van der Waals surface area contributed by atoms with Crippen molar-refractivity contribution < 1.29 is 14.3 Å². The summed E-state index contributed by atoms with van der Waals surface area (Å²) < 4.78 is 11.5. The summed E-state index contributed by atoms with van der Waals surface area (Å²) in [5.41, 5.74) is 1.14. The number of halogens is 1. The third-order valence-electron chi connectivity index (χ3n) is 3.83. The van der Waals surface area contributed by atoms with Crippen molar-refractivity contribution in [2.45, 2.75) is 39.2 Å². The minimum Gasteiger partial charge on any atom is -0.491 e. The molecular weight excluding hydrogens is 350 g/mol. The normalized spacial score (nSPS) is 12.3. The SMILES string of the molecule is CC(Oc1cccc(Cl)c1)C(=O)NCCOc1ccccc1C(C)(C)C. The molecule has 1 unspecified atom stereocenters. The molecule has 0 aliphatic carbocycles. The molecule has 5 heteroatoms. The summed E-state index contributed by atoms with van der Waals surface area (Å²) in [7, 11) is 0. The summed E-state index contributed by atoms with van der Waals surface area (Å²) in [5.74, 6) is 1.21. The highest BCUT2D eigenvalue weighted by atomic mass is 35.5. The number of amides is 1. The van der Waals surface area contributed by atoms with Gasteiger partial charge in [0.25, 0.3) is 5.91 Å². The van der Waals surface area contributed by atoms with Gasteiger partial charge in [-0.05, 0) is 42.2 Å². The molecule has 0 radical (unpaired) electrons. The van der Waals surface area contributed by atoms with Crippen LogP contribution in [0.2, 0.25) is 5.02 Å². The maximum absolute atomic E-state index is 12.1. The summed E-state index contributed by atoms with van der Waals surface area (Å²) in [6, 6.07) is 14.9. The Kier molecular flexibility index (Phi) is 6.92. The average Bonchev–Trinajstić information content (AvgIpc) is 2.58. The van der Waals surface area contributed by atoms with Crippen molar-refractivity contribution in [3.63, 3.8) is 0 Å². The third kappa shape index (κ3) is 5.95. The second kappa shape index (κ2) is 8.95. The molecule has 0 aliphatic rings. The van der Waals surface area contributed by atoms with Crippen LogP contribution >= 0.6 is 11.6 Å². The van der Waals surface area contributed by atoms with E-state index < -0.39 is 6.10 Å². The van der Waals surface area contributed by atoms with E-state index in [1.54, 1.807) is 31.2 Å². The Labute approximate surface area is 160 Å². The predicted octanol–water partition coefficient (Wildman–Crippen LogP) is 4.60. The van der Waals surface area contributed by atoms with Gasteiger partial charge < -0.3 is 14.8 Å². The predicted molar refractivity (Wildman–Crippen MR) is 105 cm³/mol. The molecule has 2 aromatic rings. The Balaban J connectivity index is 1.80. The quantitative estimate of drug-likeness (QED) is 0.719. The summed E-state index contributed by atoms with van der Waals surface area (Å²) in [5, 5.41) is 3.39. The first-order chi connectivity index (χ1) is 12.3. The molecular formula is C21H26ClNO3. The fraction of sp³-hybridized carbons (Fsp3) is 0.381. The summed E-state index contributed by atoms with van der Waals surface area (Å²) in [4.78, 5) is 12.1. The molecule has 1 N–H and O–H groups in total. The van der Waals surface area contributed by atoms with Crippen LogP contribution in [0, 0.1) is 0 Å². The zero-order chi connectivity index (χ0) is 19.2. The number of hydrogen-bond donors (Lipinski definition) is 1. The van der Waals surface area contributed by atoms with Crippen LogP contribution in [0.3, 0.4) is 0 Å². The topological polar surface area (TPSA) is 47.6 Å². The van der Waals surface area contributed by atoms with Crippen LogP contribution in [0.25, 0.3) is 0 Å². The van der Waals surface area contributed by atoms with Gasteiger partial charge in [0.1, 0.15) is 18.1 Å². The van der Waals surface area contributed by atoms with Crippen molar-refractivity contribution in [1.29, 1.82) is 0 Å². The number of ether oxygens (including phenoxy) is 2. The van der Waals surface area contributed by atoms with Gasteiger partial charge in [0.2, 0.25) is 0 Å². The van der Waals surface area contributed by atoms with Gasteiger partial charge in [-0.15, -0.1) is 0 Å². The maximum Gasteiger partial charge on any atom is 0.260 e. The van der Waals surface area contributed by atoms with Gasteiger partial charge in [0.15, 0.2) is 6.10 Å². The largest absolute Gasteiger partial charge is 0.491 e. The molecule has 0 spiro atoms. The zero-order valence-corrected chi connectivity index (χ0v) is 16.5. The van der Waals surface area contributed by atoms with Gasteiger partial charge in [0.05, 0.1) is 6.54 Å². The van der Waals surface area contributed by atoms with Gasteiger partial charge >= 0.3 is 0 Å². The fourth-order valence-corrected chi connectivity index (χ4v) is 2.67. The Morgan fingerprint density at radius 3 is 2.58 bits per heavy atom. The molecule has 1 atom stereocenters. The van der Waals surface area contributed by atoms with E-state index in [0.29, 0.717) is 23.9 Å². The van der Waals surface area contributed by atoms with Crippen LogP contribution in [-0.4, -0.2) is 25.2 Å². The molecule has 0 heterocycles. The van der Waals surface area contributed by atoms with E-state index in [9.17, 15) is 4.79 Å². The lowest BCUT2D eigenvalue weighted by molar-refractivity contribution is -0.127. The lowest BCUT2D eigenvalue weighted by Crippen LogP contribution is -2.38. The molecule has 0 aliphatic heterocycles. The van der Waals surface area contributed by atoms with Gasteiger partial charge in [-0.3, -0.25) is 4.79 Å². The van der Waals surface area contributed by atoms with Crippen molar-refractivity contribution in [2.75, 3.05) is 13.2 Å². The molecule has 140 valence electrons. The average molecular weight is 376 g/mol. The molecule has 0 aromatic heterocycles. The molecule has 0 fully saturated rings. The number of carbonyl (C=O) groups excluding carboxylic acids is 1. The molecule has 1 amide bonds. The summed E-state index contributed by atoms with van der Waals surface area (Å²) in [6.45, 7) is 8.93. The second-order valence-corrected chi connectivity index (χ2v) is 7.54. The number of para-hydroxylation sites is 1. The molecule has 4 nitrogen and oxygen atoms in total. The van der Waals surface area contributed by atoms with E-state index >= 15 is 0 Å². The maximum atomic E-state index is 12.1. The first-order valence-corrected chi connectivity index (χ1v) is 9.07. The molecule has 2 rings (SSSR count). The summed E-state index contributed by atoms with van der Waals surface area (Å²) >= 11 is 5.92. The minimum atomic E-state index is -0.615. The number of hydrogen-bond acceptors (Lipinski definition) is 3. The Bertz CT molecular complexity index is 740. The standard InChI is InChI=1S/C21H26ClNO3/c1-15(26-17-9-7-8-16(22)14-17)20(24)23-12-13-25-19-11-6-5-10-18(19)21(2,3)4/h5-11,14-15H,12-13H2,1-4H3,(H,23,24). The van der Waals surface area contributed by atoms with Crippen LogP contribution in [0.1, 0.15) is 33.3 Å². The molecule has 26 heavy (non-hydrogen) atoms. The van der Waals surface area contributed by atoms with Crippen LogP contribution < -0.4 is 14.8 Å². The van der Waals surface area contributed by atoms with Crippen LogP contribution in [0.5, 0.6) is 11.5 Å². The highest BCUT2D eigenvalue weighted by Gasteiger charge is 2.18. The smallest absolute Gasteiger partial charge is 0.260 e. The van der Waals surface area contributed by atoms with E-state index in [2.05, 4.69) is 32.2 Å². The number of benzene rings is 2. The first kappa shape index (κ1) is 20.1. The molecule has 2 aromatic carbocycles. The number of nitrogens with one attached hydrogen (secondary N) is 1. The monoisotopic (exact) mass is 375 g/mol. The first-order valence-electron chi connectivity index (χ1n) is 8.69. The molecule has 0 saturated heterocycles. The lowest BCUT2D eigenvalue weighted by Gasteiger charge is -2.22.